The summed E-state index contributed by atoms with van der Waals surface area (Å²) in [5.74, 6) is -0.312. The van der Waals surface area contributed by atoms with Crippen LogP contribution in [0.25, 0.3) is 10.9 Å². The molecule has 0 saturated carbocycles. The maximum atomic E-state index is 12.8. The first kappa shape index (κ1) is 18.8. The van der Waals surface area contributed by atoms with Crippen LogP contribution in [0.5, 0.6) is 0 Å². The monoisotopic (exact) mass is 385 g/mol. The van der Waals surface area contributed by atoms with Gasteiger partial charge in [0, 0.05) is 22.9 Å². The summed E-state index contributed by atoms with van der Waals surface area (Å²) in [5.41, 5.74) is 1.25. The van der Waals surface area contributed by atoms with Crippen molar-refractivity contribution in [2.24, 2.45) is 0 Å². The van der Waals surface area contributed by atoms with E-state index >= 15 is 0 Å². The Kier molecular flexibility index (Phi) is 4.84. The molecular weight excluding hydrogens is 366 g/mol. The number of carbonyl (C=O) groups excluding carboxylic acids is 1. The quantitative estimate of drug-likeness (QED) is 0.681. The van der Waals surface area contributed by atoms with Crippen molar-refractivity contribution in [1.29, 1.82) is 0 Å². The van der Waals surface area contributed by atoms with E-state index in [0.717, 1.165) is 6.26 Å². The molecule has 8 heteroatoms. The number of hydrogen-bond donors (Lipinski definition) is 1. The fourth-order valence-corrected chi connectivity index (χ4v) is 3.30. The molecule has 2 aromatic carbocycles. The smallest absolute Gasteiger partial charge is 0.261 e. The molecule has 0 saturated heterocycles. The van der Waals surface area contributed by atoms with E-state index in [0.29, 0.717) is 27.7 Å². The number of ketones is 1. The van der Waals surface area contributed by atoms with Crippen LogP contribution >= 0.6 is 0 Å². The maximum Gasteiger partial charge on any atom is 0.261 e. The zero-order valence-corrected chi connectivity index (χ0v) is 15.9. The summed E-state index contributed by atoms with van der Waals surface area (Å²) in [6.45, 7) is 3.76. The molecule has 0 fully saturated rings. The maximum absolute atomic E-state index is 12.8. The van der Waals surface area contributed by atoms with Gasteiger partial charge in [0.25, 0.3) is 5.56 Å². The van der Waals surface area contributed by atoms with Gasteiger partial charge in [0.1, 0.15) is 0 Å². The second kappa shape index (κ2) is 6.96. The standard InChI is InChI=1S/C19H19N3O4S/c1-12(2)22-11-20-17-8-7-14(10-16(17)19(22)24)18(23)13-5-4-6-15(9-13)21-27(3,25)26/h4-12,21H,1-3H3. The Morgan fingerprint density at radius 1 is 1.11 bits per heavy atom. The van der Waals surface area contributed by atoms with E-state index in [1.54, 1.807) is 30.3 Å². The number of nitrogens with zero attached hydrogens (tertiary/aromatic N) is 2. The SMILES string of the molecule is CC(C)n1cnc2ccc(C(=O)c3cccc(NS(C)(=O)=O)c3)cc2c1=O. The number of anilines is 1. The predicted molar refractivity (Wildman–Crippen MR) is 105 cm³/mol. The molecule has 0 aliphatic rings. The predicted octanol–water partition coefficient (Wildman–Crippen LogP) is 2.58. The Morgan fingerprint density at radius 2 is 1.81 bits per heavy atom. The van der Waals surface area contributed by atoms with E-state index in [4.69, 9.17) is 0 Å². The number of sulfonamides is 1. The molecule has 0 bridgehead atoms. The molecule has 0 amide bonds. The van der Waals surface area contributed by atoms with Crippen molar-refractivity contribution in [3.05, 3.63) is 70.3 Å². The first-order valence-electron chi connectivity index (χ1n) is 8.29. The summed E-state index contributed by atoms with van der Waals surface area (Å²) < 4.78 is 26.6. The van der Waals surface area contributed by atoms with Crippen LogP contribution in [0.2, 0.25) is 0 Å². The average molecular weight is 385 g/mol. The molecule has 140 valence electrons. The highest BCUT2D eigenvalue weighted by atomic mass is 32.2. The minimum absolute atomic E-state index is 0.0486. The van der Waals surface area contributed by atoms with E-state index in [2.05, 4.69) is 9.71 Å². The second-order valence-corrected chi connectivity index (χ2v) is 8.32. The Hall–Kier alpha value is -3.00. The summed E-state index contributed by atoms with van der Waals surface area (Å²) in [7, 11) is -3.45. The molecule has 3 aromatic rings. The van der Waals surface area contributed by atoms with Gasteiger partial charge in [0.15, 0.2) is 5.78 Å². The zero-order chi connectivity index (χ0) is 19.8. The van der Waals surface area contributed by atoms with Gasteiger partial charge in [-0.15, -0.1) is 0 Å². The van der Waals surface area contributed by atoms with Gasteiger partial charge in [-0.05, 0) is 44.2 Å². The highest BCUT2D eigenvalue weighted by molar-refractivity contribution is 7.92. The number of aromatic nitrogens is 2. The van der Waals surface area contributed by atoms with Crippen molar-refractivity contribution in [1.82, 2.24) is 9.55 Å². The molecule has 0 aliphatic heterocycles. The lowest BCUT2D eigenvalue weighted by molar-refractivity contribution is 0.103. The molecule has 3 rings (SSSR count). The number of benzene rings is 2. The lowest BCUT2D eigenvalue weighted by Crippen LogP contribution is -2.22. The van der Waals surface area contributed by atoms with Gasteiger partial charge in [-0.2, -0.15) is 0 Å². The molecule has 1 N–H and O–H groups in total. The zero-order valence-electron chi connectivity index (χ0n) is 15.1. The van der Waals surface area contributed by atoms with E-state index in [1.165, 1.54) is 23.0 Å². The highest BCUT2D eigenvalue weighted by Crippen LogP contribution is 2.18. The number of carbonyl (C=O) groups is 1. The van der Waals surface area contributed by atoms with Crippen LogP contribution in [0.4, 0.5) is 5.69 Å². The molecule has 0 unspecified atom stereocenters. The number of nitrogens with one attached hydrogen (secondary N) is 1. The summed E-state index contributed by atoms with van der Waals surface area (Å²) in [6.07, 6.45) is 2.54. The molecular formula is C19H19N3O4S. The highest BCUT2D eigenvalue weighted by Gasteiger charge is 2.14. The van der Waals surface area contributed by atoms with Crippen LogP contribution in [-0.2, 0) is 10.0 Å². The number of hydrogen-bond acceptors (Lipinski definition) is 5. The van der Waals surface area contributed by atoms with Crippen LogP contribution in [0.1, 0.15) is 35.8 Å². The third-order valence-electron chi connectivity index (χ3n) is 4.03. The fourth-order valence-electron chi connectivity index (χ4n) is 2.75. The molecule has 7 nitrogen and oxygen atoms in total. The Labute approximate surface area is 156 Å². The summed E-state index contributed by atoms with van der Waals surface area (Å²) in [5, 5.41) is 0.363. The lowest BCUT2D eigenvalue weighted by atomic mass is 10.0. The largest absolute Gasteiger partial charge is 0.296 e. The third kappa shape index (κ3) is 4.06. The van der Waals surface area contributed by atoms with Gasteiger partial charge in [0.05, 0.1) is 23.5 Å². The Morgan fingerprint density at radius 3 is 2.48 bits per heavy atom. The molecule has 0 atom stereocenters. The van der Waals surface area contributed by atoms with E-state index in [9.17, 15) is 18.0 Å². The molecule has 0 spiro atoms. The van der Waals surface area contributed by atoms with Crippen molar-refractivity contribution >= 4 is 32.4 Å². The molecule has 1 aromatic heterocycles. The lowest BCUT2D eigenvalue weighted by Gasteiger charge is -2.10. The van der Waals surface area contributed by atoms with Crippen LogP contribution in [0.15, 0.2) is 53.6 Å². The van der Waals surface area contributed by atoms with Crippen molar-refractivity contribution in [2.75, 3.05) is 11.0 Å². The molecule has 1 heterocycles. The Bertz CT molecular complexity index is 1200. The topological polar surface area (TPSA) is 98.1 Å². The third-order valence-corrected chi connectivity index (χ3v) is 4.64. The van der Waals surface area contributed by atoms with Gasteiger partial charge >= 0.3 is 0 Å². The van der Waals surface area contributed by atoms with E-state index < -0.39 is 10.0 Å². The van der Waals surface area contributed by atoms with Crippen molar-refractivity contribution < 1.29 is 13.2 Å². The van der Waals surface area contributed by atoms with Crippen molar-refractivity contribution in [3.63, 3.8) is 0 Å². The van der Waals surface area contributed by atoms with Gasteiger partial charge in [-0.3, -0.25) is 18.9 Å². The van der Waals surface area contributed by atoms with Crippen molar-refractivity contribution in [2.45, 2.75) is 19.9 Å². The van der Waals surface area contributed by atoms with Gasteiger partial charge < -0.3 is 0 Å². The summed E-state index contributed by atoms with van der Waals surface area (Å²) in [6, 6.07) is 10.9. The minimum Gasteiger partial charge on any atom is -0.296 e. The van der Waals surface area contributed by atoms with Gasteiger partial charge in [-0.1, -0.05) is 12.1 Å². The first-order valence-corrected chi connectivity index (χ1v) is 10.2. The van der Waals surface area contributed by atoms with E-state index in [-0.39, 0.29) is 17.4 Å². The van der Waals surface area contributed by atoms with Gasteiger partial charge in [-0.25, -0.2) is 13.4 Å². The Balaban J connectivity index is 2.05. The molecule has 27 heavy (non-hydrogen) atoms. The van der Waals surface area contributed by atoms with Crippen molar-refractivity contribution in [3.8, 4) is 0 Å². The molecule has 0 aliphatic carbocycles. The van der Waals surface area contributed by atoms with Crippen LogP contribution in [0, 0.1) is 0 Å². The number of fused-ring (bicyclic) bond motifs is 1. The van der Waals surface area contributed by atoms with Crippen LogP contribution in [-0.4, -0.2) is 30.0 Å². The number of rotatable bonds is 5. The second-order valence-electron chi connectivity index (χ2n) is 6.57. The van der Waals surface area contributed by atoms with E-state index in [1.807, 2.05) is 13.8 Å². The van der Waals surface area contributed by atoms with Crippen LogP contribution < -0.4 is 10.3 Å². The normalized spacial score (nSPS) is 11.7. The average Bonchev–Trinajstić information content (AvgIpc) is 2.59. The van der Waals surface area contributed by atoms with Gasteiger partial charge in [0.2, 0.25) is 10.0 Å². The molecule has 0 radical (unpaired) electrons. The first-order chi connectivity index (χ1) is 12.7. The fraction of sp³-hybridized carbons (Fsp3) is 0.211. The van der Waals surface area contributed by atoms with Crippen LogP contribution in [0.3, 0.4) is 0 Å². The summed E-state index contributed by atoms with van der Waals surface area (Å²) >= 11 is 0. The minimum atomic E-state index is -3.45. The summed E-state index contributed by atoms with van der Waals surface area (Å²) in [4.78, 5) is 29.7.